The predicted molar refractivity (Wildman–Crippen MR) is 227 cm³/mol. The molecular formula is C48H87NO4. The highest BCUT2D eigenvalue weighted by Gasteiger charge is 2.52. The van der Waals surface area contributed by atoms with Gasteiger partial charge in [0.1, 0.15) is 6.10 Å². The molecule has 5 nitrogen and oxygen atoms in total. The Bertz CT molecular complexity index is 928. The summed E-state index contributed by atoms with van der Waals surface area (Å²) in [6.45, 7) is 5.46. The van der Waals surface area contributed by atoms with Crippen molar-refractivity contribution in [3.8, 4) is 0 Å². The van der Waals surface area contributed by atoms with Crippen LogP contribution in [-0.2, 0) is 19.0 Å². The Kier molecular flexibility index (Phi) is 29.5. The van der Waals surface area contributed by atoms with Crippen LogP contribution in [0, 0.1) is 0 Å². The van der Waals surface area contributed by atoms with Crippen molar-refractivity contribution in [1.29, 1.82) is 0 Å². The second kappa shape index (κ2) is 32.8. The van der Waals surface area contributed by atoms with Crippen LogP contribution < -0.4 is 0 Å². The molecular weight excluding hydrogens is 655 g/mol. The van der Waals surface area contributed by atoms with E-state index in [4.69, 9.17) is 14.2 Å². The third-order valence-electron chi connectivity index (χ3n) is 11.2. The molecule has 2 rings (SSSR count). The molecule has 1 aliphatic carbocycles. The highest BCUT2D eigenvalue weighted by Crippen LogP contribution is 2.44. The highest BCUT2D eigenvalue weighted by atomic mass is 16.8. The first kappa shape index (κ1) is 47.7. The van der Waals surface area contributed by atoms with Gasteiger partial charge in [0, 0.05) is 32.1 Å². The van der Waals surface area contributed by atoms with E-state index in [1.54, 1.807) is 0 Å². The zero-order chi connectivity index (χ0) is 38.1. The number of rotatable bonds is 36. The maximum atomic E-state index is 12.4. The number of fused-ring (bicyclic) bond motifs is 1. The van der Waals surface area contributed by atoms with E-state index in [-0.39, 0.29) is 24.3 Å². The maximum Gasteiger partial charge on any atom is 0.306 e. The molecule has 0 radical (unpaired) electrons. The molecule has 1 heterocycles. The lowest BCUT2D eigenvalue weighted by molar-refractivity contribution is -0.196. The molecule has 0 spiro atoms. The lowest BCUT2D eigenvalue weighted by Gasteiger charge is -2.30. The molecule has 1 aliphatic heterocycles. The molecule has 2 fully saturated rings. The van der Waals surface area contributed by atoms with E-state index >= 15 is 0 Å². The van der Waals surface area contributed by atoms with Crippen molar-refractivity contribution >= 4 is 5.97 Å². The molecule has 0 bridgehead atoms. The van der Waals surface area contributed by atoms with E-state index in [0.717, 1.165) is 45.1 Å². The van der Waals surface area contributed by atoms with Crippen LogP contribution in [0.25, 0.3) is 0 Å². The summed E-state index contributed by atoms with van der Waals surface area (Å²) in [7, 11) is 4.08. The van der Waals surface area contributed by atoms with Crippen LogP contribution in [0.15, 0.2) is 36.5 Å². The summed E-state index contributed by atoms with van der Waals surface area (Å²) in [5, 5.41) is 0. The molecule has 2 aliphatic rings. The Balaban J connectivity index is 1.64. The summed E-state index contributed by atoms with van der Waals surface area (Å²) in [4.78, 5) is 14.6. The zero-order valence-electron chi connectivity index (χ0n) is 35.6. The van der Waals surface area contributed by atoms with Gasteiger partial charge in [0.2, 0.25) is 0 Å². The van der Waals surface area contributed by atoms with Gasteiger partial charge >= 0.3 is 5.97 Å². The Labute approximate surface area is 329 Å². The third-order valence-corrected chi connectivity index (χ3v) is 11.2. The number of nitrogens with zero attached hydrogens (tertiary/aromatic N) is 1. The van der Waals surface area contributed by atoms with E-state index in [9.17, 15) is 4.79 Å². The fraction of sp³-hybridized carbons (Fsp3) is 0.854. The number of carbonyl (C=O) groups is 1. The van der Waals surface area contributed by atoms with Crippen molar-refractivity contribution in [1.82, 2.24) is 4.90 Å². The Morgan fingerprint density at radius 1 is 0.566 bits per heavy atom. The topological polar surface area (TPSA) is 48.0 Å². The highest BCUT2D eigenvalue weighted by molar-refractivity contribution is 5.69. The molecule has 2 unspecified atom stereocenters. The molecule has 53 heavy (non-hydrogen) atoms. The summed E-state index contributed by atoms with van der Waals surface area (Å²) in [5.74, 6) is -0.514. The summed E-state index contributed by atoms with van der Waals surface area (Å²) >= 11 is 0. The number of allylic oxidation sites excluding steroid dienone is 6. The van der Waals surface area contributed by atoms with Gasteiger partial charge in [-0.3, -0.25) is 4.79 Å². The Morgan fingerprint density at radius 3 is 1.43 bits per heavy atom. The SMILES string of the molecule is CCCCC/C=C\C/C=C\CCCCCCCCC1(CCCCCCCC/C=C\CCCCCCCC)O[C@H]2CC(OC(=O)CCCN(C)C)C[C@H]2O1. The number of unbranched alkanes of at least 4 members (excludes halogenated alkanes) is 21. The molecule has 0 aromatic heterocycles. The summed E-state index contributed by atoms with van der Waals surface area (Å²) < 4.78 is 19.5. The molecule has 0 aromatic carbocycles. The van der Waals surface area contributed by atoms with Crippen LogP contribution in [0.4, 0.5) is 0 Å². The molecule has 0 N–H and O–H groups in total. The van der Waals surface area contributed by atoms with Crippen molar-refractivity contribution in [2.24, 2.45) is 0 Å². The fourth-order valence-electron chi connectivity index (χ4n) is 8.01. The van der Waals surface area contributed by atoms with E-state index < -0.39 is 5.79 Å². The minimum atomic E-state index is -0.438. The summed E-state index contributed by atoms with van der Waals surface area (Å²) in [5.41, 5.74) is 0. The van der Waals surface area contributed by atoms with Gasteiger partial charge in [0.25, 0.3) is 0 Å². The van der Waals surface area contributed by atoms with E-state index in [1.165, 1.54) is 161 Å². The largest absolute Gasteiger partial charge is 0.462 e. The monoisotopic (exact) mass is 742 g/mol. The average Bonchev–Trinajstić information content (AvgIpc) is 3.66. The van der Waals surface area contributed by atoms with Gasteiger partial charge < -0.3 is 19.1 Å². The van der Waals surface area contributed by atoms with Crippen molar-refractivity contribution in [3.63, 3.8) is 0 Å². The minimum Gasteiger partial charge on any atom is -0.462 e. The van der Waals surface area contributed by atoms with E-state index in [2.05, 4.69) is 55.2 Å². The van der Waals surface area contributed by atoms with Crippen LogP contribution >= 0.6 is 0 Å². The second-order valence-corrected chi connectivity index (χ2v) is 16.7. The second-order valence-electron chi connectivity index (χ2n) is 16.7. The molecule has 0 amide bonds. The van der Waals surface area contributed by atoms with Crippen molar-refractivity contribution in [2.75, 3.05) is 20.6 Å². The van der Waals surface area contributed by atoms with Crippen LogP contribution in [0.5, 0.6) is 0 Å². The van der Waals surface area contributed by atoms with Gasteiger partial charge in [-0.05, 0) is 97.7 Å². The Hall–Kier alpha value is -1.43. The predicted octanol–water partition coefficient (Wildman–Crippen LogP) is 14.1. The standard InChI is InChI=1S/C48H87NO4/c1-5-7-9-11-13-15-17-19-21-23-25-27-29-31-33-35-39-48(40-36-34-32-30-28-26-24-22-20-18-16-14-12-10-8-6-2)52-45-42-44(43-46(45)53-48)51-47(50)38-37-41-49(3)4/h13,15,19-22,44-46H,5-12,14,16-18,23-43H2,1-4H3/b15-13-,21-19-,22-20-/t44?,45-,46+,48?. The molecule has 308 valence electrons. The Morgan fingerprint density at radius 2 is 0.962 bits per heavy atom. The first-order valence-electron chi connectivity index (χ1n) is 23.1. The number of hydrogen-bond donors (Lipinski definition) is 0. The number of esters is 1. The smallest absolute Gasteiger partial charge is 0.306 e. The zero-order valence-corrected chi connectivity index (χ0v) is 35.6. The molecule has 1 saturated heterocycles. The van der Waals surface area contributed by atoms with Crippen molar-refractivity contribution in [2.45, 2.75) is 243 Å². The van der Waals surface area contributed by atoms with Gasteiger partial charge in [-0.15, -0.1) is 0 Å². The normalized spacial score (nSPS) is 21.6. The van der Waals surface area contributed by atoms with E-state index in [0.29, 0.717) is 6.42 Å². The van der Waals surface area contributed by atoms with Crippen molar-refractivity contribution < 1.29 is 19.0 Å². The van der Waals surface area contributed by atoms with Gasteiger partial charge in [-0.2, -0.15) is 0 Å². The number of hydrogen-bond acceptors (Lipinski definition) is 5. The molecule has 5 heteroatoms. The van der Waals surface area contributed by atoms with Gasteiger partial charge in [-0.25, -0.2) is 0 Å². The third kappa shape index (κ3) is 25.4. The van der Waals surface area contributed by atoms with Crippen molar-refractivity contribution in [3.05, 3.63) is 36.5 Å². The first-order valence-corrected chi connectivity index (χ1v) is 23.1. The minimum absolute atomic E-state index is 0.0632. The molecule has 1 saturated carbocycles. The number of carbonyl (C=O) groups excluding carboxylic acids is 1. The average molecular weight is 742 g/mol. The van der Waals surface area contributed by atoms with Gasteiger partial charge in [0.15, 0.2) is 5.79 Å². The van der Waals surface area contributed by atoms with Crippen LogP contribution in [0.1, 0.15) is 219 Å². The first-order chi connectivity index (χ1) is 26.0. The molecule has 0 aromatic rings. The quantitative estimate of drug-likeness (QED) is 0.0363. The van der Waals surface area contributed by atoms with E-state index in [1.807, 2.05) is 14.1 Å². The van der Waals surface area contributed by atoms with Crippen LogP contribution in [0.3, 0.4) is 0 Å². The lowest BCUT2D eigenvalue weighted by atomic mass is 9.98. The molecule has 4 atom stereocenters. The summed E-state index contributed by atoms with van der Waals surface area (Å²) in [6, 6.07) is 0. The summed E-state index contributed by atoms with van der Waals surface area (Å²) in [6.07, 6.45) is 52.9. The maximum absolute atomic E-state index is 12.4. The van der Waals surface area contributed by atoms with Crippen LogP contribution in [0.2, 0.25) is 0 Å². The lowest BCUT2D eigenvalue weighted by Crippen LogP contribution is -2.33. The van der Waals surface area contributed by atoms with Crippen LogP contribution in [-0.4, -0.2) is 55.6 Å². The van der Waals surface area contributed by atoms with Gasteiger partial charge in [-0.1, -0.05) is 147 Å². The van der Waals surface area contributed by atoms with Gasteiger partial charge in [0.05, 0.1) is 12.2 Å². The number of ether oxygens (including phenoxy) is 3. The fourth-order valence-corrected chi connectivity index (χ4v) is 8.01.